The van der Waals surface area contributed by atoms with Crippen molar-refractivity contribution < 1.29 is 9.21 Å². The molecule has 1 atom stereocenters. The van der Waals surface area contributed by atoms with Crippen molar-refractivity contribution >= 4 is 28.6 Å². The van der Waals surface area contributed by atoms with E-state index in [1.165, 1.54) is 0 Å². The van der Waals surface area contributed by atoms with Gasteiger partial charge in [-0.2, -0.15) is 0 Å². The van der Waals surface area contributed by atoms with Gasteiger partial charge in [0.1, 0.15) is 11.3 Å². The summed E-state index contributed by atoms with van der Waals surface area (Å²) in [5.41, 5.74) is 1.61. The zero-order chi connectivity index (χ0) is 18.2. The number of furan rings is 1. The van der Waals surface area contributed by atoms with Crippen LogP contribution in [-0.4, -0.2) is 31.9 Å². The highest BCUT2D eigenvalue weighted by molar-refractivity contribution is 5.92. The average Bonchev–Trinajstić information content (AvgIpc) is 3.42. The number of amides is 1. The lowest BCUT2D eigenvalue weighted by Crippen LogP contribution is -2.30. The highest BCUT2D eigenvalue weighted by Gasteiger charge is 2.32. The molecule has 4 heterocycles. The van der Waals surface area contributed by atoms with Crippen LogP contribution in [0.25, 0.3) is 22.7 Å². The fraction of sp³-hybridized carbons (Fsp3) is 0.190. The van der Waals surface area contributed by atoms with Crippen molar-refractivity contribution in [3.8, 4) is 0 Å². The molecule has 1 amide bonds. The van der Waals surface area contributed by atoms with E-state index >= 15 is 0 Å². The normalized spacial score (nSPS) is 17.5. The molecule has 0 bridgehead atoms. The summed E-state index contributed by atoms with van der Waals surface area (Å²) in [6.07, 6.45) is 7.10. The molecule has 6 heteroatoms. The molecular formula is C21H18N4O2. The van der Waals surface area contributed by atoms with Crippen molar-refractivity contribution in [1.82, 2.24) is 19.5 Å². The van der Waals surface area contributed by atoms with Gasteiger partial charge in [0.15, 0.2) is 11.5 Å². The van der Waals surface area contributed by atoms with Gasteiger partial charge in [-0.3, -0.25) is 9.20 Å². The van der Waals surface area contributed by atoms with Crippen molar-refractivity contribution in [2.45, 2.75) is 18.9 Å². The van der Waals surface area contributed by atoms with Crippen LogP contribution >= 0.6 is 0 Å². The third-order valence-corrected chi connectivity index (χ3v) is 5.01. The maximum absolute atomic E-state index is 12.8. The van der Waals surface area contributed by atoms with Crippen LogP contribution in [0.1, 0.15) is 30.5 Å². The fourth-order valence-electron chi connectivity index (χ4n) is 3.72. The van der Waals surface area contributed by atoms with Crippen LogP contribution < -0.4 is 0 Å². The Morgan fingerprint density at radius 1 is 1.15 bits per heavy atom. The van der Waals surface area contributed by atoms with Gasteiger partial charge >= 0.3 is 0 Å². The molecule has 0 unspecified atom stereocenters. The number of para-hydroxylation sites is 1. The molecule has 0 N–H and O–H groups in total. The van der Waals surface area contributed by atoms with Gasteiger partial charge in [-0.1, -0.05) is 24.3 Å². The molecule has 4 aromatic rings. The Bertz CT molecular complexity index is 1120. The largest absolute Gasteiger partial charge is 0.457 e. The van der Waals surface area contributed by atoms with Gasteiger partial charge in [0, 0.05) is 24.2 Å². The molecule has 1 saturated heterocycles. The minimum atomic E-state index is -0.0600. The molecule has 5 rings (SSSR count). The summed E-state index contributed by atoms with van der Waals surface area (Å²) in [6, 6.07) is 15.5. The Labute approximate surface area is 155 Å². The van der Waals surface area contributed by atoms with E-state index in [4.69, 9.17) is 4.42 Å². The molecule has 3 aromatic heterocycles. The summed E-state index contributed by atoms with van der Waals surface area (Å²) in [5, 5.41) is 9.58. The van der Waals surface area contributed by atoms with Crippen LogP contribution in [0.15, 0.2) is 65.2 Å². The number of hydrogen-bond donors (Lipinski definition) is 0. The lowest BCUT2D eigenvalue weighted by atomic mass is 10.2. The minimum Gasteiger partial charge on any atom is -0.457 e. The number of rotatable bonds is 3. The van der Waals surface area contributed by atoms with Crippen LogP contribution in [0.2, 0.25) is 0 Å². The van der Waals surface area contributed by atoms with Crippen LogP contribution in [0, 0.1) is 0 Å². The van der Waals surface area contributed by atoms with Crippen molar-refractivity contribution in [2.24, 2.45) is 0 Å². The zero-order valence-electron chi connectivity index (χ0n) is 14.7. The molecule has 0 saturated carbocycles. The number of likely N-dealkylation sites (tertiary alicyclic amines) is 1. The number of carbonyl (C=O) groups is 1. The monoisotopic (exact) mass is 358 g/mol. The van der Waals surface area contributed by atoms with Crippen LogP contribution in [0.4, 0.5) is 0 Å². The van der Waals surface area contributed by atoms with E-state index in [9.17, 15) is 4.79 Å². The number of hydrogen-bond acceptors (Lipinski definition) is 4. The first kappa shape index (κ1) is 15.8. The predicted octanol–water partition coefficient (Wildman–Crippen LogP) is 3.85. The summed E-state index contributed by atoms with van der Waals surface area (Å²) in [6.45, 7) is 0.718. The maximum atomic E-state index is 12.8. The first-order chi connectivity index (χ1) is 13.3. The fourth-order valence-corrected chi connectivity index (χ4v) is 3.72. The molecule has 0 radical (unpaired) electrons. The zero-order valence-corrected chi connectivity index (χ0v) is 14.7. The number of pyridine rings is 1. The molecular weight excluding hydrogens is 340 g/mol. The van der Waals surface area contributed by atoms with E-state index in [2.05, 4.69) is 10.2 Å². The van der Waals surface area contributed by atoms with Crippen LogP contribution in [0.5, 0.6) is 0 Å². The Hall–Kier alpha value is -3.41. The second-order valence-electron chi connectivity index (χ2n) is 6.70. The summed E-state index contributed by atoms with van der Waals surface area (Å²) >= 11 is 0. The second kappa shape index (κ2) is 6.39. The number of carbonyl (C=O) groups excluding carboxylic acids is 1. The van der Waals surface area contributed by atoms with Crippen molar-refractivity contribution in [3.63, 3.8) is 0 Å². The van der Waals surface area contributed by atoms with Crippen LogP contribution in [0.3, 0.4) is 0 Å². The van der Waals surface area contributed by atoms with Gasteiger partial charge in [0.25, 0.3) is 0 Å². The number of nitrogens with zero attached hydrogens (tertiary/aromatic N) is 4. The van der Waals surface area contributed by atoms with Gasteiger partial charge in [-0.05, 0) is 43.2 Å². The predicted molar refractivity (Wildman–Crippen MR) is 102 cm³/mol. The highest BCUT2D eigenvalue weighted by Crippen LogP contribution is 2.31. The topological polar surface area (TPSA) is 63.6 Å². The molecule has 1 aliphatic rings. The van der Waals surface area contributed by atoms with Crippen molar-refractivity contribution in [1.29, 1.82) is 0 Å². The SMILES string of the molecule is O=C(/C=C/c1cc2ccccc2o1)N1CCC[C@@H]1c1nnc2ccccn12. The lowest BCUT2D eigenvalue weighted by Gasteiger charge is -2.21. The molecule has 0 spiro atoms. The van der Waals surface area contributed by atoms with Gasteiger partial charge in [-0.25, -0.2) is 0 Å². The van der Waals surface area contributed by atoms with E-state index in [-0.39, 0.29) is 11.9 Å². The van der Waals surface area contributed by atoms with Crippen molar-refractivity contribution in [3.05, 3.63) is 72.4 Å². The molecule has 27 heavy (non-hydrogen) atoms. The maximum Gasteiger partial charge on any atom is 0.247 e. The molecule has 134 valence electrons. The average molecular weight is 358 g/mol. The molecule has 1 aromatic carbocycles. The van der Waals surface area contributed by atoms with Gasteiger partial charge < -0.3 is 9.32 Å². The Morgan fingerprint density at radius 2 is 2.04 bits per heavy atom. The molecule has 0 aliphatic carbocycles. The highest BCUT2D eigenvalue weighted by atomic mass is 16.3. The third-order valence-electron chi connectivity index (χ3n) is 5.01. The first-order valence-electron chi connectivity index (χ1n) is 9.06. The molecule has 1 fully saturated rings. The lowest BCUT2D eigenvalue weighted by molar-refractivity contribution is -0.127. The van der Waals surface area contributed by atoms with E-state index in [0.29, 0.717) is 5.76 Å². The Kier molecular flexibility index (Phi) is 3.74. The quantitative estimate of drug-likeness (QED) is 0.522. The summed E-state index contributed by atoms with van der Waals surface area (Å²) in [5.74, 6) is 1.45. The second-order valence-corrected chi connectivity index (χ2v) is 6.70. The smallest absolute Gasteiger partial charge is 0.247 e. The Balaban J connectivity index is 1.40. The summed E-state index contributed by atoms with van der Waals surface area (Å²) in [7, 11) is 0. The molecule has 1 aliphatic heterocycles. The summed E-state index contributed by atoms with van der Waals surface area (Å²) in [4.78, 5) is 14.7. The van der Waals surface area contributed by atoms with Crippen molar-refractivity contribution in [2.75, 3.05) is 6.54 Å². The summed E-state index contributed by atoms with van der Waals surface area (Å²) < 4.78 is 7.71. The van der Waals surface area contributed by atoms with E-state index in [1.807, 2.05) is 64.0 Å². The Morgan fingerprint density at radius 3 is 2.96 bits per heavy atom. The number of fused-ring (bicyclic) bond motifs is 2. The van der Waals surface area contributed by atoms with Gasteiger partial charge in [-0.15, -0.1) is 10.2 Å². The van der Waals surface area contributed by atoms with E-state index in [0.717, 1.165) is 41.8 Å². The van der Waals surface area contributed by atoms with E-state index < -0.39 is 0 Å². The molecule has 6 nitrogen and oxygen atoms in total. The minimum absolute atomic E-state index is 0.0364. The van der Waals surface area contributed by atoms with Crippen LogP contribution in [-0.2, 0) is 4.79 Å². The number of aromatic nitrogens is 3. The first-order valence-corrected chi connectivity index (χ1v) is 9.06. The standard InChI is InChI=1S/C21H18N4O2/c26-20(11-10-16-14-15-6-1-2-8-18(15)27-16)24-13-5-7-17(24)21-23-22-19-9-3-4-12-25(19)21/h1-4,6,8-12,14,17H,5,7,13H2/b11-10+/t17-/m1/s1. The van der Waals surface area contributed by atoms with Gasteiger partial charge in [0.2, 0.25) is 5.91 Å². The third kappa shape index (κ3) is 2.79. The van der Waals surface area contributed by atoms with Gasteiger partial charge in [0.05, 0.1) is 6.04 Å². The van der Waals surface area contributed by atoms with E-state index in [1.54, 1.807) is 12.2 Å². The number of benzene rings is 1.